The summed E-state index contributed by atoms with van der Waals surface area (Å²) >= 11 is 3.32. The molecular formula is C27H23BrN4O4S. The SMILES string of the molecule is COc1ccc(CCn2c(=N)c(S(=O)(=O)c3ccc(Br)cc3)cc3c(=O)n4cccc(C)c4nc32)cc1. The third-order valence-electron chi connectivity index (χ3n) is 6.30. The van der Waals surface area contributed by atoms with Gasteiger partial charge in [0.05, 0.1) is 17.4 Å². The van der Waals surface area contributed by atoms with E-state index in [0.29, 0.717) is 12.1 Å². The number of fused-ring (bicyclic) bond motifs is 2. The topological polar surface area (TPSA) is 107 Å². The predicted octanol–water partition coefficient (Wildman–Crippen LogP) is 4.28. The molecule has 0 aliphatic rings. The third kappa shape index (κ3) is 4.47. The molecule has 188 valence electrons. The molecule has 8 nitrogen and oxygen atoms in total. The average Bonchev–Trinajstić information content (AvgIpc) is 2.89. The highest BCUT2D eigenvalue weighted by Crippen LogP contribution is 2.23. The highest BCUT2D eigenvalue weighted by molar-refractivity contribution is 9.10. The van der Waals surface area contributed by atoms with Crippen molar-refractivity contribution in [3.8, 4) is 5.75 Å². The standard InChI is InChI=1S/C27H23BrN4O4S/c1-17-4-3-14-32-25(17)30-26-22(27(32)33)16-23(37(34,35)21-11-7-19(28)8-12-21)24(29)31(26)15-13-18-5-9-20(36-2)10-6-18/h3-12,14,16,29H,13,15H2,1-2H3. The van der Waals surface area contributed by atoms with Gasteiger partial charge in [-0.15, -0.1) is 0 Å². The van der Waals surface area contributed by atoms with Crippen LogP contribution in [0.3, 0.4) is 0 Å². The predicted molar refractivity (Wildman–Crippen MR) is 144 cm³/mol. The van der Waals surface area contributed by atoms with E-state index in [1.165, 1.54) is 27.2 Å². The summed E-state index contributed by atoms with van der Waals surface area (Å²) in [6.45, 7) is 2.10. The van der Waals surface area contributed by atoms with E-state index >= 15 is 0 Å². The maximum absolute atomic E-state index is 13.6. The molecule has 0 bridgehead atoms. The van der Waals surface area contributed by atoms with Crippen LogP contribution in [0, 0.1) is 12.3 Å². The number of aromatic nitrogens is 3. The Morgan fingerprint density at radius 3 is 2.41 bits per heavy atom. The van der Waals surface area contributed by atoms with Gasteiger partial charge in [-0.1, -0.05) is 34.1 Å². The summed E-state index contributed by atoms with van der Waals surface area (Å²) < 4.78 is 36.2. The molecule has 0 aliphatic heterocycles. The Kier molecular flexibility index (Phi) is 6.47. The monoisotopic (exact) mass is 578 g/mol. The van der Waals surface area contributed by atoms with E-state index in [2.05, 4.69) is 15.9 Å². The number of halogens is 1. The number of aryl methyl sites for hydroxylation is 3. The van der Waals surface area contributed by atoms with Gasteiger partial charge in [0.1, 0.15) is 27.4 Å². The van der Waals surface area contributed by atoms with Crippen LogP contribution in [0.5, 0.6) is 5.75 Å². The fraction of sp³-hybridized carbons (Fsp3) is 0.148. The van der Waals surface area contributed by atoms with E-state index in [9.17, 15) is 13.2 Å². The molecule has 3 heterocycles. The van der Waals surface area contributed by atoms with E-state index in [-0.39, 0.29) is 32.9 Å². The van der Waals surface area contributed by atoms with Gasteiger partial charge in [-0.25, -0.2) is 13.4 Å². The first-order chi connectivity index (χ1) is 17.7. The lowest BCUT2D eigenvalue weighted by Gasteiger charge is -2.16. The molecule has 0 spiro atoms. The third-order valence-corrected chi connectivity index (χ3v) is 8.61. The molecule has 0 fully saturated rings. The van der Waals surface area contributed by atoms with E-state index in [1.807, 2.05) is 37.3 Å². The van der Waals surface area contributed by atoms with Gasteiger partial charge < -0.3 is 9.30 Å². The van der Waals surface area contributed by atoms with Crippen molar-refractivity contribution in [2.75, 3.05) is 7.11 Å². The highest BCUT2D eigenvalue weighted by Gasteiger charge is 2.24. The maximum atomic E-state index is 13.6. The molecule has 3 aromatic heterocycles. The molecule has 0 atom stereocenters. The van der Waals surface area contributed by atoms with Crippen LogP contribution in [0.25, 0.3) is 16.7 Å². The van der Waals surface area contributed by atoms with Gasteiger partial charge in [-0.05, 0) is 73.0 Å². The van der Waals surface area contributed by atoms with Gasteiger partial charge in [0.2, 0.25) is 9.84 Å². The number of benzene rings is 2. The van der Waals surface area contributed by atoms with Gasteiger partial charge in [0, 0.05) is 17.2 Å². The number of methoxy groups -OCH3 is 1. The van der Waals surface area contributed by atoms with E-state index in [4.69, 9.17) is 15.1 Å². The Hall–Kier alpha value is -3.76. The second-order valence-electron chi connectivity index (χ2n) is 8.60. The number of nitrogens with one attached hydrogen (secondary N) is 1. The fourth-order valence-corrected chi connectivity index (χ4v) is 5.92. The minimum absolute atomic E-state index is 0.0370. The van der Waals surface area contributed by atoms with Gasteiger partial charge in [0.15, 0.2) is 0 Å². The average molecular weight is 579 g/mol. The Balaban J connectivity index is 1.76. The lowest BCUT2D eigenvalue weighted by atomic mass is 10.1. The van der Waals surface area contributed by atoms with Crippen molar-refractivity contribution in [1.29, 1.82) is 5.41 Å². The first-order valence-electron chi connectivity index (χ1n) is 11.4. The van der Waals surface area contributed by atoms with Crippen molar-refractivity contribution in [2.24, 2.45) is 0 Å². The van der Waals surface area contributed by atoms with Crippen molar-refractivity contribution in [1.82, 2.24) is 14.0 Å². The summed E-state index contributed by atoms with van der Waals surface area (Å²) in [5, 5.41) is 9.07. The molecule has 5 aromatic rings. The smallest absolute Gasteiger partial charge is 0.267 e. The number of pyridine rings is 2. The number of nitrogens with zero attached hydrogens (tertiary/aromatic N) is 3. The number of hydrogen-bond acceptors (Lipinski definition) is 6. The highest BCUT2D eigenvalue weighted by atomic mass is 79.9. The fourth-order valence-electron chi connectivity index (χ4n) is 4.27. The first kappa shape index (κ1) is 24.9. The second kappa shape index (κ2) is 9.60. The summed E-state index contributed by atoms with van der Waals surface area (Å²) in [5.74, 6) is 0.724. The minimum atomic E-state index is -4.09. The van der Waals surface area contributed by atoms with Crippen LogP contribution in [0.2, 0.25) is 0 Å². The van der Waals surface area contributed by atoms with Gasteiger partial charge in [-0.3, -0.25) is 14.6 Å². The molecule has 0 aliphatic carbocycles. The summed E-state index contributed by atoms with van der Waals surface area (Å²) in [6, 6.07) is 18.6. The quantitative estimate of drug-likeness (QED) is 0.302. The molecule has 0 saturated heterocycles. The van der Waals surface area contributed by atoms with Crippen LogP contribution in [0.4, 0.5) is 0 Å². The Morgan fingerprint density at radius 1 is 1.03 bits per heavy atom. The molecule has 0 unspecified atom stereocenters. The summed E-state index contributed by atoms with van der Waals surface area (Å²) in [6.07, 6.45) is 2.10. The van der Waals surface area contributed by atoms with Crippen LogP contribution < -0.4 is 15.8 Å². The Morgan fingerprint density at radius 2 is 1.73 bits per heavy atom. The number of ether oxygens (including phenoxy) is 1. The van der Waals surface area contributed by atoms with Gasteiger partial charge >= 0.3 is 0 Å². The second-order valence-corrected chi connectivity index (χ2v) is 11.4. The minimum Gasteiger partial charge on any atom is -0.497 e. The molecule has 37 heavy (non-hydrogen) atoms. The lowest BCUT2D eigenvalue weighted by Crippen LogP contribution is -2.30. The van der Waals surface area contributed by atoms with Crippen LogP contribution in [0.1, 0.15) is 11.1 Å². The zero-order valence-corrected chi connectivity index (χ0v) is 22.5. The van der Waals surface area contributed by atoms with Gasteiger partial charge in [0.25, 0.3) is 5.56 Å². The van der Waals surface area contributed by atoms with Crippen LogP contribution in [-0.4, -0.2) is 29.5 Å². The zero-order chi connectivity index (χ0) is 26.3. The first-order valence-corrected chi connectivity index (χ1v) is 13.7. The maximum Gasteiger partial charge on any atom is 0.267 e. The van der Waals surface area contributed by atoms with Crippen LogP contribution >= 0.6 is 15.9 Å². The van der Waals surface area contributed by atoms with E-state index in [1.54, 1.807) is 31.5 Å². The van der Waals surface area contributed by atoms with E-state index < -0.39 is 15.4 Å². The van der Waals surface area contributed by atoms with Crippen molar-refractivity contribution < 1.29 is 13.2 Å². The number of hydrogen-bond donors (Lipinski definition) is 1. The Bertz CT molecular complexity index is 1880. The number of rotatable bonds is 6. The molecule has 10 heteroatoms. The normalized spacial score (nSPS) is 11.8. The molecule has 1 N–H and O–H groups in total. The Labute approximate surface area is 221 Å². The van der Waals surface area contributed by atoms with E-state index in [0.717, 1.165) is 21.3 Å². The summed E-state index contributed by atoms with van der Waals surface area (Å²) in [7, 11) is -2.50. The largest absolute Gasteiger partial charge is 0.497 e. The van der Waals surface area contributed by atoms with Crippen molar-refractivity contribution in [3.63, 3.8) is 0 Å². The molecule has 0 saturated carbocycles. The van der Waals surface area contributed by atoms with Crippen molar-refractivity contribution in [3.05, 3.63) is 104 Å². The molecule has 0 radical (unpaired) electrons. The molecule has 0 amide bonds. The van der Waals surface area contributed by atoms with Crippen LogP contribution in [0.15, 0.2) is 92.0 Å². The summed E-state index contributed by atoms with van der Waals surface area (Å²) in [4.78, 5) is 18.1. The van der Waals surface area contributed by atoms with Crippen molar-refractivity contribution in [2.45, 2.75) is 29.7 Å². The van der Waals surface area contributed by atoms with Crippen molar-refractivity contribution >= 4 is 42.4 Å². The van der Waals surface area contributed by atoms with Gasteiger partial charge in [-0.2, -0.15) is 0 Å². The zero-order valence-electron chi connectivity index (χ0n) is 20.1. The molecular weight excluding hydrogens is 556 g/mol. The molecule has 5 rings (SSSR count). The summed E-state index contributed by atoms with van der Waals surface area (Å²) in [5.41, 5.74) is 1.87. The van der Waals surface area contributed by atoms with Crippen LogP contribution in [-0.2, 0) is 22.8 Å². The molecule has 2 aromatic carbocycles. The number of sulfone groups is 1. The lowest BCUT2D eigenvalue weighted by molar-refractivity contribution is 0.414.